The number of nitrogens with two attached hydrogens (primary N) is 1. The maximum Gasteiger partial charge on any atom is 0.270 e. The number of nitrogens with one attached hydrogen (secondary N) is 1. The summed E-state index contributed by atoms with van der Waals surface area (Å²) in [6.07, 6.45) is 5.95. The fraction of sp³-hybridized carbons (Fsp3) is 0.357. The standard InChI is InChI=1S/C28H30ClFN6O3/c1-14(2)39-24-18(15(3)26-34-16(4)23-25(31)32-9-10-36(23)26)11-19(29)22(30)21(24)17-5-6-20(33-12-17)27(38)35-28(13-37)7-8-28/h5-6,9-12,14-15,37H,7-8,13H2,1-4H3,(H2,31,32)(H,35,38)/t15-/m0/s1. The number of ether oxygens (including phenoxy) is 1. The van der Waals surface area contributed by atoms with Crippen molar-refractivity contribution in [2.75, 3.05) is 12.3 Å². The Bertz CT molecular complexity index is 1570. The van der Waals surface area contributed by atoms with Crippen LogP contribution in [0.15, 0.2) is 36.8 Å². The number of rotatable bonds is 8. The zero-order valence-electron chi connectivity index (χ0n) is 22.1. The molecule has 204 valence electrons. The van der Waals surface area contributed by atoms with Gasteiger partial charge in [0.05, 0.1) is 34.5 Å². The summed E-state index contributed by atoms with van der Waals surface area (Å²) in [4.78, 5) is 25.9. The number of fused-ring (bicyclic) bond motifs is 1. The minimum Gasteiger partial charge on any atom is -0.490 e. The highest BCUT2D eigenvalue weighted by atomic mass is 35.5. The van der Waals surface area contributed by atoms with Gasteiger partial charge in [-0.15, -0.1) is 0 Å². The Balaban J connectivity index is 1.60. The number of pyridine rings is 1. The Morgan fingerprint density at radius 1 is 1.31 bits per heavy atom. The summed E-state index contributed by atoms with van der Waals surface area (Å²) in [5, 5.41) is 12.3. The van der Waals surface area contributed by atoms with E-state index in [1.807, 2.05) is 32.1 Å². The van der Waals surface area contributed by atoms with E-state index in [9.17, 15) is 9.90 Å². The molecule has 1 atom stereocenters. The Morgan fingerprint density at radius 2 is 2.05 bits per heavy atom. The van der Waals surface area contributed by atoms with Gasteiger partial charge < -0.3 is 20.9 Å². The fourth-order valence-corrected chi connectivity index (χ4v) is 4.95. The predicted molar refractivity (Wildman–Crippen MR) is 147 cm³/mol. The molecule has 0 radical (unpaired) electrons. The van der Waals surface area contributed by atoms with Crippen molar-refractivity contribution in [2.24, 2.45) is 0 Å². The third-order valence-electron chi connectivity index (χ3n) is 7.01. The number of aromatic nitrogens is 4. The minimum absolute atomic E-state index is 0.0813. The van der Waals surface area contributed by atoms with Gasteiger partial charge >= 0.3 is 0 Å². The summed E-state index contributed by atoms with van der Waals surface area (Å²) in [6.45, 7) is 7.37. The van der Waals surface area contributed by atoms with E-state index in [-0.39, 0.29) is 34.9 Å². The van der Waals surface area contributed by atoms with Crippen LogP contribution in [0.25, 0.3) is 16.6 Å². The summed E-state index contributed by atoms with van der Waals surface area (Å²) < 4.78 is 23.8. The summed E-state index contributed by atoms with van der Waals surface area (Å²) in [6, 6.07) is 4.68. The van der Waals surface area contributed by atoms with Gasteiger partial charge in [-0.25, -0.2) is 14.4 Å². The molecule has 0 unspecified atom stereocenters. The second kappa shape index (κ2) is 10.1. The molecule has 1 aliphatic carbocycles. The first kappa shape index (κ1) is 26.8. The average molecular weight is 553 g/mol. The van der Waals surface area contributed by atoms with Gasteiger partial charge in [-0.1, -0.05) is 24.6 Å². The number of imidazole rings is 1. The molecule has 1 fully saturated rings. The van der Waals surface area contributed by atoms with E-state index in [1.54, 1.807) is 24.5 Å². The molecule has 11 heteroatoms. The van der Waals surface area contributed by atoms with Gasteiger partial charge in [0.2, 0.25) is 0 Å². The third-order valence-corrected chi connectivity index (χ3v) is 7.29. The Kier molecular flexibility index (Phi) is 6.94. The van der Waals surface area contributed by atoms with Crippen molar-refractivity contribution < 1.29 is 19.0 Å². The van der Waals surface area contributed by atoms with Gasteiger partial charge in [-0.3, -0.25) is 14.2 Å². The fourth-order valence-electron chi connectivity index (χ4n) is 4.74. The van der Waals surface area contributed by atoms with Crippen LogP contribution in [0.4, 0.5) is 10.2 Å². The number of carbonyl (C=O) groups is 1. The van der Waals surface area contributed by atoms with Crippen molar-refractivity contribution in [2.45, 2.75) is 58.1 Å². The zero-order chi connectivity index (χ0) is 28.1. The third kappa shape index (κ3) is 4.90. The van der Waals surface area contributed by atoms with Crippen molar-refractivity contribution in [1.29, 1.82) is 0 Å². The molecule has 4 N–H and O–H groups in total. The second-order valence-electron chi connectivity index (χ2n) is 10.3. The molecular formula is C28H30ClFN6O3. The van der Waals surface area contributed by atoms with Crippen LogP contribution in [0, 0.1) is 12.7 Å². The molecule has 1 saturated carbocycles. The molecule has 1 aliphatic rings. The molecule has 4 aromatic rings. The first-order chi connectivity index (χ1) is 18.5. The first-order valence-corrected chi connectivity index (χ1v) is 13.1. The number of halogens is 2. The molecule has 39 heavy (non-hydrogen) atoms. The molecule has 1 aromatic carbocycles. The lowest BCUT2D eigenvalue weighted by atomic mass is 9.93. The molecule has 9 nitrogen and oxygen atoms in total. The lowest BCUT2D eigenvalue weighted by Gasteiger charge is -2.23. The average Bonchev–Trinajstić information content (AvgIpc) is 3.59. The molecule has 3 aromatic heterocycles. The Labute approximate surface area is 230 Å². The number of hydrogen-bond donors (Lipinski definition) is 3. The van der Waals surface area contributed by atoms with E-state index in [1.165, 1.54) is 12.3 Å². The highest BCUT2D eigenvalue weighted by Gasteiger charge is 2.43. The van der Waals surface area contributed by atoms with Gasteiger partial charge in [0.15, 0.2) is 5.82 Å². The number of aliphatic hydroxyl groups is 1. The van der Waals surface area contributed by atoms with Crippen molar-refractivity contribution in [3.8, 4) is 16.9 Å². The molecular weight excluding hydrogens is 523 g/mol. The maximum absolute atomic E-state index is 15.7. The number of carbonyl (C=O) groups excluding carboxylic acids is 1. The number of nitrogen functional groups attached to an aromatic ring is 1. The largest absolute Gasteiger partial charge is 0.490 e. The van der Waals surface area contributed by atoms with E-state index in [0.29, 0.717) is 46.9 Å². The predicted octanol–water partition coefficient (Wildman–Crippen LogP) is 4.67. The second-order valence-corrected chi connectivity index (χ2v) is 10.7. The monoisotopic (exact) mass is 552 g/mol. The molecule has 1 amide bonds. The van der Waals surface area contributed by atoms with Crippen molar-refractivity contribution in [3.63, 3.8) is 0 Å². The number of benzene rings is 1. The normalized spacial score (nSPS) is 15.0. The van der Waals surface area contributed by atoms with E-state index in [2.05, 4.69) is 15.3 Å². The topological polar surface area (TPSA) is 128 Å². The summed E-state index contributed by atoms with van der Waals surface area (Å²) in [5.74, 6) is -0.0852. The van der Waals surface area contributed by atoms with Crippen molar-refractivity contribution in [1.82, 2.24) is 24.7 Å². The maximum atomic E-state index is 15.7. The molecule has 0 bridgehead atoms. The number of hydrogen-bond acceptors (Lipinski definition) is 7. The smallest absolute Gasteiger partial charge is 0.270 e. The number of aliphatic hydroxyl groups excluding tert-OH is 1. The highest BCUT2D eigenvalue weighted by Crippen LogP contribution is 2.44. The van der Waals surface area contributed by atoms with Crippen LogP contribution in [0.3, 0.4) is 0 Å². The quantitative estimate of drug-likeness (QED) is 0.290. The van der Waals surface area contributed by atoms with Crippen LogP contribution >= 0.6 is 11.6 Å². The summed E-state index contributed by atoms with van der Waals surface area (Å²) >= 11 is 6.44. The number of nitrogens with zero attached hydrogens (tertiary/aromatic N) is 4. The summed E-state index contributed by atoms with van der Waals surface area (Å²) in [7, 11) is 0. The van der Waals surface area contributed by atoms with Crippen LogP contribution in [-0.4, -0.2) is 48.6 Å². The van der Waals surface area contributed by atoms with Crippen LogP contribution in [0.1, 0.15) is 67.1 Å². The molecule has 5 rings (SSSR count). The summed E-state index contributed by atoms with van der Waals surface area (Å²) in [5.41, 5.74) is 8.29. The molecule has 0 saturated heterocycles. The van der Waals surface area contributed by atoms with Gasteiger partial charge in [0, 0.05) is 35.6 Å². The lowest BCUT2D eigenvalue weighted by molar-refractivity contribution is 0.0901. The van der Waals surface area contributed by atoms with Crippen LogP contribution in [0.2, 0.25) is 5.02 Å². The molecule has 0 spiro atoms. The van der Waals surface area contributed by atoms with Gasteiger partial charge in [-0.2, -0.15) is 0 Å². The Morgan fingerprint density at radius 3 is 2.67 bits per heavy atom. The lowest BCUT2D eigenvalue weighted by Crippen LogP contribution is -2.39. The highest BCUT2D eigenvalue weighted by molar-refractivity contribution is 6.31. The van der Waals surface area contributed by atoms with E-state index >= 15 is 4.39 Å². The van der Waals surface area contributed by atoms with E-state index < -0.39 is 17.3 Å². The van der Waals surface area contributed by atoms with Gasteiger partial charge in [0.25, 0.3) is 5.91 Å². The number of amides is 1. The van der Waals surface area contributed by atoms with Crippen LogP contribution in [0.5, 0.6) is 5.75 Å². The van der Waals surface area contributed by atoms with Crippen LogP contribution in [-0.2, 0) is 0 Å². The molecule has 0 aliphatic heterocycles. The van der Waals surface area contributed by atoms with Crippen molar-refractivity contribution >= 4 is 28.8 Å². The van der Waals surface area contributed by atoms with E-state index in [0.717, 1.165) is 5.69 Å². The van der Waals surface area contributed by atoms with Gasteiger partial charge in [-0.05, 0) is 45.7 Å². The van der Waals surface area contributed by atoms with E-state index in [4.69, 9.17) is 27.1 Å². The van der Waals surface area contributed by atoms with Crippen LogP contribution < -0.4 is 15.8 Å². The molecule has 3 heterocycles. The van der Waals surface area contributed by atoms with Gasteiger partial charge in [0.1, 0.15) is 28.6 Å². The SMILES string of the molecule is Cc1nc([C@@H](C)c2cc(Cl)c(F)c(-c3ccc(C(=O)NC4(CO)CC4)nc3)c2OC(C)C)n2ccnc(N)c12. The number of anilines is 1. The minimum atomic E-state index is -0.655. The number of aryl methyl sites for hydroxylation is 1. The Hall–Kier alpha value is -3.76. The van der Waals surface area contributed by atoms with Crippen molar-refractivity contribution in [3.05, 3.63) is 70.4 Å². The zero-order valence-corrected chi connectivity index (χ0v) is 22.9. The first-order valence-electron chi connectivity index (χ1n) is 12.7.